The number of hydrogen-bond donors (Lipinski definition) is 0. The molecule has 0 saturated carbocycles. The molecule has 0 amide bonds. The zero-order chi connectivity index (χ0) is 15.7. The summed E-state index contributed by atoms with van der Waals surface area (Å²) in [5.41, 5.74) is 0.327. The van der Waals surface area contributed by atoms with Gasteiger partial charge in [-0.3, -0.25) is 4.90 Å². The van der Waals surface area contributed by atoms with Crippen molar-refractivity contribution >= 4 is 0 Å². The normalized spacial score (nSPS) is 19.0. The van der Waals surface area contributed by atoms with Crippen LogP contribution in [0.3, 0.4) is 0 Å². The van der Waals surface area contributed by atoms with E-state index in [0.29, 0.717) is 5.54 Å². The first-order valence-corrected chi connectivity index (χ1v) is 8.76. The molecule has 1 saturated heterocycles. The predicted molar refractivity (Wildman–Crippen MR) is 93.9 cm³/mol. The Morgan fingerprint density at radius 2 is 1.71 bits per heavy atom. The van der Waals surface area contributed by atoms with Crippen molar-refractivity contribution in [1.29, 1.82) is 0 Å². The summed E-state index contributed by atoms with van der Waals surface area (Å²) in [6.45, 7) is 17.8. The third kappa shape index (κ3) is 6.94. The van der Waals surface area contributed by atoms with Gasteiger partial charge in [-0.25, -0.2) is 0 Å². The Morgan fingerprint density at radius 1 is 1.05 bits per heavy atom. The van der Waals surface area contributed by atoms with E-state index >= 15 is 0 Å². The molecular weight excluding hydrogens is 258 g/mol. The van der Waals surface area contributed by atoms with Crippen molar-refractivity contribution in [2.45, 2.75) is 52.5 Å². The van der Waals surface area contributed by atoms with E-state index in [4.69, 9.17) is 0 Å². The van der Waals surface area contributed by atoms with Crippen molar-refractivity contribution in [3.63, 3.8) is 0 Å². The monoisotopic (exact) mass is 295 g/mol. The Bertz CT molecular complexity index is 291. The molecule has 1 aliphatic rings. The third-order valence-electron chi connectivity index (χ3n) is 4.79. The number of likely N-dealkylation sites (N-methyl/N-ethyl adjacent to an activating group) is 1. The molecule has 0 aliphatic carbocycles. The van der Waals surface area contributed by atoms with Gasteiger partial charge in [-0.2, -0.15) is 0 Å². The van der Waals surface area contributed by atoms with E-state index in [1.807, 2.05) is 0 Å². The second-order valence-electron chi connectivity index (χ2n) is 7.05. The molecule has 0 atom stereocenters. The molecule has 21 heavy (non-hydrogen) atoms. The highest BCUT2D eigenvalue weighted by Gasteiger charge is 2.29. The van der Waals surface area contributed by atoms with Gasteiger partial charge >= 0.3 is 0 Å². The topological polar surface area (TPSA) is 9.72 Å². The van der Waals surface area contributed by atoms with Crippen molar-refractivity contribution in [2.24, 2.45) is 0 Å². The van der Waals surface area contributed by atoms with Gasteiger partial charge in [0.1, 0.15) is 0 Å². The zero-order valence-electron chi connectivity index (χ0n) is 15.1. The fraction of sp³-hybridized carbons (Fsp3) is 0.889. The number of piperazine rings is 1. The van der Waals surface area contributed by atoms with Crippen molar-refractivity contribution < 1.29 is 0 Å². The maximum atomic E-state index is 2.68. The first-order chi connectivity index (χ1) is 9.99. The highest BCUT2D eigenvalue weighted by atomic mass is 15.3. The summed E-state index contributed by atoms with van der Waals surface area (Å²) >= 11 is 0. The number of hydrogen-bond acceptors (Lipinski definition) is 3. The van der Waals surface area contributed by atoms with E-state index in [9.17, 15) is 0 Å². The second kappa shape index (κ2) is 9.60. The number of rotatable bonds is 9. The fourth-order valence-corrected chi connectivity index (χ4v) is 3.08. The number of allylic oxidation sites excluding steroid dienone is 1. The van der Waals surface area contributed by atoms with Crippen molar-refractivity contribution in [1.82, 2.24) is 14.7 Å². The minimum absolute atomic E-state index is 0.327. The summed E-state index contributed by atoms with van der Waals surface area (Å²) < 4.78 is 0. The van der Waals surface area contributed by atoms with Gasteiger partial charge in [0, 0.05) is 38.3 Å². The van der Waals surface area contributed by atoms with Gasteiger partial charge in [-0.05, 0) is 60.2 Å². The summed E-state index contributed by atoms with van der Waals surface area (Å²) in [4.78, 5) is 7.76. The molecule has 124 valence electrons. The Morgan fingerprint density at radius 3 is 2.29 bits per heavy atom. The van der Waals surface area contributed by atoms with Crippen LogP contribution in [0.2, 0.25) is 0 Å². The molecule has 0 N–H and O–H groups in total. The highest BCUT2D eigenvalue weighted by molar-refractivity contribution is 4.86. The molecule has 0 aromatic rings. The smallest absolute Gasteiger partial charge is 0.0166 e. The molecule has 0 radical (unpaired) electrons. The molecule has 0 aromatic carbocycles. The molecule has 3 nitrogen and oxygen atoms in total. The van der Waals surface area contributed by atoms with Crippen LogP contribution in [0, 0.1) is 0 Å². The van der Waals surface area contributed by atoms with Crippen molar-refractivity contribution in [2.75, 3.05) is 52.9 Å². The van der Waals surface area contributed by atoms with Crippen LogP contribution in [-0.4, -0.2) is 73.1 Å². The van der Waals surface area contributed by atoms with Crippen LogP contribution in [0.4, 0.5) is 0 Å². The van der Waals surface area contributed by atoms with Crippen LogP contribution in [-0.2, 0) is 0 Å². The zero-order valence-corrected chi connectivity index (χ0v) is 15.1. The molecule has 1 fully saturated rings. The van der Waals surface area contributed by atoms with E-state index in [-0.39, 0.29) is 0 Å². The first kappa shape index (κ1) is 18.7. The van der Waals surface area contributed by atoms with Crippen LogP contribution in [0.15, 0.2) is 12.2 Å². The van der Waals surface area contributed by atoms with E-state index in [1.165, 1.54) is 65.1 Å². The van der Waals surface area contributed by atoms with Crippen molar-refractivity contribution in [3.05, 3.63) is 12.2 Å². The highest BCUT2D eigenvalue weighted by Crippen LogP contribution is 2.21. The SMILES string of the molecule is C/C=C\CCN(CCC)CCC(C)(C)N1CCN(C)CC1. The summed E-state index contributed by atoms with van der Waals surface area (Å²) in [5.74, 6) is 0. The summed E-state index contributed by atoms with van der Waals surface area (Å²) in [7, 11) is 2.23. The summed E-state index contributed by atoms with van der Waals surface area (Å²) in [6, 6.07) is 0. The van der Waals surface area contributed by atoms with Crippen LogP contribution in [0.5, 0.6) is 0 Å². The Kier molecular flexibility index (Phi) is 8.53. The van der Waals surface area contributed by atoms with Crippen LogP contribution in [0.1, 0.15) is 47.0 Å². The largest absolute Gasteiger partial charge is 0.304 e. The average molecular weight is 296 g/mol. The minimum Gasteiger partial charge on any atom is -0.304 e. The van der Waals surface area contributed by atoms with Crippen LogP contribution in [0.25, 0.3) is 0 Å². The molecule has 0 bridgehead atoms. The maximum Gasteiger partial charge on any atom is 0.0166 e. The van der Waals surface area contributed by atoms with E-state index in [2.05, 4.69) is 61.6 Å². The molecular formula is C18H37N3. The van der Waals surface area contributed by atoms with Gasteiger partial charge in [0.2, 0.25) is 0 Å². The molecule has 1 rings (SSSR count). The molecule has 1 aliphatic heterocycles. The molecule has 0 unspecified atom stereocenters. The Balaban J connectivity index is 2.40. The van der Waals surface area contributed by atoms with Gasteiger partial charge in [-0.1, -0.05) is 19.1 Å². The van der Waals surface area contributed by atoms with Gasteiger partial charge in [-0.15, -0.1) is 0 Å². The quantitative estimate of drug-likeness (QED) is 0.605. The lowest BCUT2D eigenvalue weighted by Gasteiger charge is -2.44. The van der Waals surface area contributed by atoms with Crippen molar-refractivity contribution in [3.8, 4) is 0 Å². The molecule has 1 heterocycles. The van der Waals surface area contributed by atoms with Gasteiger partial charge in [0.15, 0.2) is 0 Å². The van der Waals surface area contributed by atoms with Gasteiger partial charge < -0.3 is 9.80 Å². The van der Waals surface area contributed by atoms with Crippen LogP contribution < -0.4 is 0 Å². The molecule has 0 spiro atoms. The average Bonchev–Trinajstić information content (AvgIpc) is 2.45. The second-order valence-corrected chi connectivity index (χ2v) is 7.05. The fourth-order valence-electron chi connectivity index (χ4n) is 3.08. The van der Waals surface area contributed by atoms with E-state index in [1.54, 1.807) is 0 Å². The van der Waals surface area contributed by atoms with E-state index in [0.717, 1.165) is 0 Å². The Labute approximate surface area is 133 Å². The van der Waals surface area contributed by atoms with Crippen LogP contribution >= 0.6 is 0 Å². The standard InChI is InChI=1S/C18H37N3/c1-6-8-9-12-20(11-7-2)13-10-18(3,4)21-16-14-19(5)15-17-21/h6,8H,7,9-17H2,1-5H3/b8-6-. The summed E-state index contributed by atoms with van der Waals surface area (Å²) in [5, 5.41) is 0. The molecule has 3 heteroatoms. The predicted octanol–water partition coefficient (Wildman–Crippen LogP) is 3.08. The summed E-state index contributed by atoms with van der Waals surface area (Å²) in [6.07, 6.45) is 8.16. The van der Waals surface area contributed by atoms with Gasteiger partial charge in [0.05, 0.1) is 0 Å². The first-order valence-electron chi connectivity index (χ1n) is 8.76. The molecule has 0 aromatic heterocycles. The van der Waals surface area contributed by atoms with E-state index < -0.39 is 0 Å². The maximum absolute atomic E-state index is 2.68. The lowest BCUT2D eigenvalue weighted by atomic mass is 9.96. The third-order valence-corrected chi connectivity index (χ3v) is 4.79. The number of nitrogens with zero attached hydrogens (tertiary/aromatic N) is 3. The lowest BCUT2D eigenvalue weighted by molar-refractivity contribution is 0.0493. The lowest BCUT2D eigenvalue weighted by Crippen LogP contribution is -2.54. The minimum atomic E-state index is 0.327. The Hall–Kier alpha value is -0.380. The van der Waals surface area contributed by atoms with Gasteiger partial charge in [0.25, 0.3) is 0 Å².